The van der Waals surface area contributed by atoms with Gasteiger partial charge in [-0.1, -0.05) is 78.9 Å². The normalized spacial score (nSPS) is 22.6. The molecular weight excluding hydrogens is 464 g/mol. The molecule has 4 aromatic rings. The number of rotatable bonds is 5. The van der Waals surface area contributed by atoms with Crippen LogP contribution in [0.15, 0.2) is 91.1 Å². The summed E-state index contributed by atoms with van der Waals surface area (Å²) in [6.45, 7) is 6.74. The van der Waals surface area contributed by atoms with Crippen LogP contribution in [0.4, 0.5) is 0 Å². The average Bonchev–Trinajstić information content (AvgIpc) is 3.28. The molecule has 38 heavy (non-hydrogen) atoms. The molecule has 0 radical (unpaired) electrons. The van der Waals surface area contributed by atoms with Crippen molar-refractivity contribution in [3.8, 4) is 0 Å². The Bertz CT molecular complexity index is 1410. The van der Waals surface area contributed by atoms with E-state index in [-0.39, 0.29) is 0 Å². The number of aromatic nitrogens is 1. The molecule has 0 saturated carbocycles. The van der Waals surface area contributed by atoms with Gasteiger partial charge in [0.25, 0.3) is 0 Å². The van der Waals surface area contributed by atoms with E-state index in [4.69, 9.17) is 0 Å². The highest BCUT2D eigenvalue weighted by atomic mass is 15.3. The molecule has 7 rings (SSSR count). The summed E-state index contributed by atoms with van der Waals surface area (Å²) in [5.74, 6) is 0.567. The lowest BCUT2D eigenvalue weighted by molar-refractivity contribution is 0.0949. The highest BCUT2D eigenvalue weighted by molar-refractivity contribution is 5.98. The molecule has 4 nitrogen and oxygen atoms in total. The van der Waals surface area contributed by atoms with E-state index >= 15 is 0 Å². The van der Waals surface area contributed by atoms with Gasteiger partial charge in [-0.05, 0) is 47.4 Å². The van der Waals surface area contributed by atoms with Crippen molar-refractivity contribution in [2.75, 3.05) is 46.3 Å². The van der Waals surface area contributed by atoms with Crippen LogP contribution in [0.2, 0.25) is 0 Å². The lowest BCUT2D eigenvalue weighted by Gasteiger charge is -2.43. The van der Waals surface area contributed by atoms with Crippen LogP contribution in [-0.2, 0) is 13.5 Å². The predicted molar refractivity (Wildman–Crippen MR) is 157 cm³/mol. The number of hydrogen-bond donors (Lipinski definition) is 0. The van der Waals surface area contributed by atoms with Gasteiger partial charge in [-0.2, -0.15) is 0 Å². The summed E-state index contributed by atoms with van der Waals surface area (Å²) in [6, 6.07) is 29.8. The molecule has 0 spiro atoms. The molecular formula is C34H38N4. The van der Waals surface area contributed by atoms with Gasteiger partial charge < -0.3 is 9.47 Å². The summed E-state index contributed by atoms with van der Waals surface area (Å²) in [4.78, 5) is 8.00. The first-order chi connectivity index (χ1) is 18.7. The molecule has 3 heterocycles. The number of nitrogens with zero attached hydrogens (tertiary/aromatic N) is 4. The van der Waals surface area contributed by atoms with Crippen LogP contribution in [0.3, 0.4) is 0 Å². The number of aryl methyl sites for hydroxylation is 1. The second-order valence-corrected chi connectivity index (χ2v) is 11.6. The number of benzene rings is 3. The molecule has 3 aromatic carbocycles. The van der Waals surface area contributed by atoms with E-state index in [1.165, 1.54) is 33.2 Å². The molecule has 0 amide bonds. The molecule has 0 bridgehead atoms. The van der Waals surface area contributed by atoms with Crippen molar-refractivity contribution in [2.45, 2.75) is 18.5 Å². The van der Waals surface area contributed by atoms with Gasteiger partial charge in [-0.25, -0.2) is 0 Å². The molecule has 1 aromatic heterocycles. The Labute approximate surface area is 226 Å². The van der Waals surface area contributed by atoms with Crippen LogP contribution in [0, 0.1) is 5.92 Å². The van der Waals surface area contributed by atoms with Crippen molar-refractivity contribution in [3.05, 3.63) is 113 Å². The summed E-state index contributed by atoms with van der Waals surface area (Å²) in [7, 11) is 4.52. The third-order valence-corrected chi connectivity index (χ3v) is 9.14. The van der Waals surface area contributed by atoms with Gasteiger partial charge in [0.15, 0.2) is 0 Å². The standard InChI is InChI=1S/C34H38N4/c1-35-22-25(20-30-29-14-9-15-31-33(29)28(21-32(30)35)24-36(31)2)23-37-16-18-38(19-17-37)34(26-10-5-3-6-11-26)27-12-7-4-8-13-27/h3-15,20,24-25,32,34H,16-19,21-23H2,1-2H3/t25-,32-/m1/s1. The van der Waals surface area contributed by atoms with Crippen LogP contribution in [-0.4, -0.2) is 71.6 Å². The lowest BCUT2D eigenvalue weighted by Crippen LogP contribution is -2.51. The molecule has 4 heteroatoms. The molecule has 194 valence electrons. The van der Waals surface area contributed by atoms with Gasteiger partial charge in [0.1, 0.15) is 0 Å². The zero-order valence-corrected chi connectivity index (χ0v) is 22.6. The molecule has 1 fully saturated rings. The number of piperazine rings is 1. The zero-order valence-electron chi connectivity index (χ0n) is 22.6. The monoisotopic (exact) mass is 502 g/mol. The Hall–Kier alpha value is -3.18. The van der Waals surface area contributed by atoms with Crippen molar-refractivity contribution in [3.63, 3.8) is 0 Å². The van der Waals surface area contributed by atoms with Gasteiger partial charge in [0.2, 0.25) is 0 Å². The lowest BCUT2D eigenvalue weighted by atomic mass is 9.80. The van der Waals surface area contributed by atoms with E-state index in [0.717, 1.165) is 45.7 Å². The first-order valence-corrected chi connectivity index (χ1v) is 14.2. The van der Waals surface area contributed by atoms with Crippen LogP contribution < -0.4 is 0 Å². The van der Waals surface area contributed by atoms with Gasteiger partial charge in [-0.3, -0.25) is 9.80 Å². The molecule has 3 aliphatic rings. The fourth-order valence-electron chi connectivity index (χ4n) is 7.36. The highest BCUT2D eigenvalue weighted by Crippen LogP contribution is 2.41. The Morgan fingerprint density at radius 2 is 1.47 bits per heavy atom. The molecule has 0 unspecified atom stereocenters. The molecule has 2 aliphatic heterocycles. The van der Waals surface area contributed by atoms with Crippen molar-refractivity contribution < 1.29 is 0 Å². The third kappa shape index (κ3) is 4.21. The summed E-state index contributed by atoms with van der Waals surface area (Å²) < 4.78 is 2.31. The Kier molecular flexibility index (Phi) is 6.19. The minimum absolute atomic E-state index is 0.325. The predicted octanol–water partition coefficient (Wildman–Crippen LogP) is 5.46. The van der Waals surface area contributed by atoms with Gasteiger partial charge >= 0.3 is 0 Å². The topological polar surface area (TPSA) is 14.7 Å². The number of likely N-dealkylation sites (N-methyl/N-ethyl adjacent to an activating group) is 1. The van der Waals surface area contributed by atoms with Crippen LogP contribution in [0.25, 0.3) is 16.5 Å². The van der Waals surface area contributed by atoms with E-state index in [1.54, 1.807) is 5.57 Å². The first-order valence-electron chi connectivity index (χ1n) is 14.2. The number of hydrogen-bond acceptors (Lipinski definition) is 3. The minimum Gasteiger partial charge on any atom is -0.350 e. The Morgan fingerprint density at radius 3 is 2.16 bits per heavy atom. The quantitative estimate of drug-likeness (QED) is 0.360. The second kappa shape index (κ2) is 9.85. The Morgan fingerprint density at radius 1 is 0.789 bits per heavy atom. The van der Waals surface area contributed by atoms with Crippen LogP contribution in [0.1, 0.15) is 28.3 Å². The molecule has 1 aliphatic carbocycles. The van der Waals surface area contributed by atoms with E-state index < -0.39 is 0 Å². The maximum atomic E-state index is 2.71. The molecule has 0 N–H and O–H groups in total. The molecule has 1 saturated heterocycles. The number of fused-ring (bicyclic) bond motifs is 2. The van der Waals surface area contributed by atoms with E-state index in [2.05, 4.69) is 124 Å². The van der Waals surface area contributed by atoms with E-state index in [0.29, 0.717) is 18.0 Å². The van der Waals surface area contributed by atoms with Gasteiger partial charge in [-0.15, -0.1) is 0 Å². The second-order valence-electron chi connectivity index (χ2n) is 11.6. The highest BCUT2D eigenvalue weighted by Gasteiger charge is 2.35. The minimum atomic E-state index is 0.325. The van der Waals surface area contributed by atoms with Crippen molar-refractivity contribution in [1.82, 2.24) is 19.3 Å². The van der Waals surface area contributed by atoms with Crippen molar-refractivity contribution in [2.24, 2.45) is 13.0 Å². The van der Waals surface area contributed by atoms with Crippen LogP contribution in [0.5, 0.6) is 0 Å². The van der Waals surface area contributed by atoms with Gasteiger partial charge in [0, 0.05) is 75.4 Å². The Balaban J connectivity index is 1.09. The summed E-state index contributed by atoms with van der Waals surface area (Å²) in [5.41, 5.74) is 8.67. The summed E-state index contributed by atoms with van der Waals surface area (Å²) in [5, 5.41) is 1.48. The molecule has 2 atom stereocenters. The SMILES string of the molecule is CN1C[C@H](CN2CCN(C(c3ccccc3)c3ccccc3)CC2)C=C2c3cccc4c3c(cn4C)C[C@H]21. The fraction of sp³-hybridized carbons (Fsp3) is 0.353. The fourth-order valence-corrected chi connectivity index (χ4v) is 7.36. The third-order valence-electron chi connectivity index (χ3n) is 9.14. The van der Waals surface area contributed by atoms with Crippen molar-refractivity contribution in [1.29, 1.82) is 0 Å². The van der Waals surface area contributed by atoms with Crippen LogP contribution >= 0.6 is 0 Å². The maximum absolute atomic E-state index is 2.71. The maximum Gasteiger partial charge on any atom is 0.0602 e. The smallest absolute Gasteiger partial charge is 0.0602 e. The van der Waals surface area contributed by atoms with E-state index in [9.17, 15) is 0 Å². The van der Waals surface area contributed by atoms with E-state index in [1.807, 2.05) is 0 Å². The average molecular weight is 503 g/mol. The van der Waals surface area contributed by atoms with Crippen molar-refractivity contribution >= 4 is 16.5 Å². The summed E-state index contributed by atoms with van der Waals surface area (Å²) >= 11 is 0. The van der Waals surface area contributed by atoms with Gasteiger partial charge in [0.05, 0.1) is 6.04 Å². The zero-order chi connectivity index (χ0) is 25.6. The largest absolute Gasteiger partial charge is 0.350 e. The first kappa shape index (κ1) is 23.9. The summed E-state index contributed by atoms with van der Waals surface area (Å²) in [6.07, 6.45) is 6.11.